The Morgan fingerprint density at radius 2 is 1.93 bits per heavy atom. The summed E-state index contributed by atoms with van der Waals surface area (Å²) in [5.74, 6) is 0.107. The Balaban J connectivity index is 1.16. The third-order valence-corrected chi connectivity index (χ3v) is 7.57. The van der Waals surface area contributed by atoms with Crippen LogP contribution in [-0.2, 0) is 9.63 Å². The quantitative estimate of drug-likeness (QED) is 0.144. The number of halogens is 1. The van der Waals surface area contributed by atoms with E-state index in [1.54, 1.807) is 55.8 Å². The minimum atomic E-state index is -0.254. The number of rotatable bonds is 10. The van der Waals surface area contributed by atoms with Crippen LogP contribution in [0.25, 0.3) is 22.2 Å². The molecule has 11 heteroatoms. The number of carbonyl (C=O) groups is 2. The van der Waals surface area contributed by atoms with Gasteiger partial charge in [-0.25, -0.2) is 9.97 Å². The molecule has 0 unspecified atom stereocenters. The van der Waals surface area contributed by atoms with E-state index in [1.807, 2.05) is 30.5 Å². The van der Waals surface area contributed by atoms with Crippen LogP contribution < -0.4 is 16.0 Å². The zero-order valence-electron chi connectivity index (χ0n) is 23.6. The van der Waals surface area contributed by atoms with Crippen LogP contribution in [0.15, 0.2) is 73.1 Å². The number of hydrogen-bond acceptors (Lipinski definition) is 7. The Labute approximate surface area is 249 Å². The molecule has 2 heterocycles. The number of nitrogens with one attached hydrogen (secondary N) is 4. The number of likely N-dealkylation sites (N-methyl/N-ethyl adjacent to an activating group) is 1. The molecule has 0 bridgehead atoms. The van der Waals surface area contributed by atoms with Gasteiger partial charge in [-0.15, -0.1) is 0 Å². The van der Waals surface area contributed by atoms with Crippen LogP contribution in [0.2, 0.25) is 5.02 Å². The van der Waals surface area contributed by atoms with Gasteiger partial charge in [-0.1, -0.05) is 35.9 Å². The van der Waals surface area contributed by atoms with E-state index in [2.05, 4.69) is 25.9 Å². The number of anilines is 2. The molecule has 2 atom stereocenters. The zero-order chi connectivity index (χ0) is 29.5. The maximum absolute atomic E-state index is 13.0. The highest BCUT2D eigenvalue weighted by atomic mass is 35.5. The van der Waals surface area contributed by atoms with Gasteiger partial charge >= 0.3 is 0 Å². The molecular weight excluding hydrogens is 554 g/mol. The molecule has 0 saturated heterocycles. The van der Waals surface area contributed by atoms with E-state index < -0.39 is 0 Å². The summed E-state index contributed by atoms with van der Waals surface area (Å²) < 4.78 is 0. The van der Waals surface area contributed by atoms with Gasteiger partial charge in [0.1, 0.15) is 0 Å². The van der Waals surface area contributed by atoms with Gasteiger partial charge in [-0.3, -0.25) is 9.59 Å². The number of carbonyl (C=O) groups excluding carboxylic acids is 2. The van der Waals surface area contributed by atoms with Crippen LogP contribution in [0.1, 0.15) is 36.0 Å². The van der Waals surface area contributed by atoms with Crippen LogP contribution in [0.5, 0.6) is 0 Å². The number of aromatic nitrogens is 3. The highest BCUT2D eigenvalue weighted by molar-refractivity contribution is 6.33. The number of amides is 2. The van der Waals surface area contributed by atoms with Gasteiger partial charge in [-0.2, -0.15) is 5.06 Å². The van der Waals surface area contributed by atoms with Gasteiger partial charge in [-0.05, 0) is 56.0 Å². The molecule has 1 aliphatic carbocycles. The van der Waals surface area contributed by atoms with E-state index in [0.29, 0.717) is 34.5 Å². The van der Waals surface area contributed by atoms with Crippen molar-refractivity contribution in [1.29, 1.82) is 0 Å². The Bertz CT molecular complexity index is 1570. The summed E-state index contributed by atoms with van der Waals surface area (Å²) in [6.45, 7) is 0.485. The lowest BCUT2D eigenvalue weighted by Crippen LogP contribution is -2.42. The Kier molecular flexibility index (Phi) is 9.48. The molecule has 42 heavy (non-hydrogen) atoms. The monoisotopic (exact) mass is 587 g/mol. The average molecular weight is 588 g/mol. The number of aromatic amines is 1. The number of hydrogen-bond donors (Lipinski definition) is 4. The molecule has 218 valence electrons. The predicted octanol–water partition coefficient (Wildman–Crippen LogP) is 5.42. The first-order chi connectivity index (χ1) is 20.4. The summed E-state index contributed by atoms with van der Waals surface area (Å²) in [6, 6.07) is 15.0. The first-order valence-corrected chi connectivity index (χ1v) is 14.3. The standard InChI is InChI=1S/C31H34ClN7O3/c1-39(42-2)16-6-11-28(40)35-21-14-12-20(13-15-21)30(41)36-22-7-5-8-23(17-22)37-31-34-19-26(32)29(38-31)25-18-33-27-10-4-3-9-24(25)27/h3-4,6,9-15,18-19,22-23,33H,5,7-8,16-17H2,1-2H3,(H,35,40)(H,36,41)(H,34,37,38)/b11-6+/t22-,23+/m0/s1. The predicted molar refractivity (Wildman–Crippen MR) is 165 cm³/mol. The first-order valence-electron chi connectivity index (χ1n) is 13.9. The topological polar surface area (TPSA) is 124 Å². The SMILES string of the molecule is CON(C)C/C=C/C(=O)Nc1ccc(C(=O)N[C@H]2CCC[C@@H](Nc3ncc(Cl)c(-c4c[nH]c5ccccc45)n3)C2)cc1. The van der Waals surface area contributed by atoms with Crippen LogP contribution in [0.3, 0.4) is 0 Å². The molecule has 1 saturated carbocycles. The molecule has 0 aliphatic heterocycles. The lowest BCUT2D eigenvalue weighted by Gasteiger charge is -2.30. The second kappa shape index (κ2) is 13.6. The van der Waals surface area contributed by atoms with Crippen molar-refractivity contribution < 1.29 is 14.4 Å². The van der Waals surface area contributed by atoms with Crippen LogP contribution in [-0.4, -0.2) is 64.6 Å². The maximum Gasteiger partial charge on any atom is 0.251 e. The van der Waals surface area contributed by atoms with Gasteiger partial charge in [0.25, 0.3) is 5.91 Å². The van der Waals surface area contributed by atoms with Gasteiger partial charge in [0, 0.05) is 65.7 Å². The molecule has 4 N–H and O–H groups in total. The molecule has 5 rings (SSSR count). The van der Waals surface area contributed by atoms with E-state index in [0.717, 1.165) is 42.1 Å². The van der Waals surface area contributed by atoms with Crippen molar-refractivity contribution in [3.05, 3.63) is 83.7 Å². The third kappa shape index (κ3) is 7.33. The fraction of sp³-hybridized carbons (Fsp3) is 0.290. The summed E-state index contributed by atoms with van der Waals surface area (Å²) >= 11 is 6.50. The number of benzene rings is 2. The molecule has 4 aromatic rings. The third-order valence-electron chi connectivity index (χ3n) is 7.29. The van der Waals surface area contributed by atoms with E-state index >= 15 is 0 Å². The molecule has 2 amide bonds. The maximum atomic E-state index is 13.0. The highest BCUT2D eigenvalue weighted by Gasteiger charge is 2.25. The summed E-state index contributed by atoms with van der Waals surface area (Å²) in [4.78, 5) is 42.5. The molecule has 2 aromatic heterocycles. The number of fused-ring (bicyclic) bond motifs is 1. The van der Waals surface area contributed by atoms with Crippen LogP contribution >= 0.6 is 11.6 Å². The number of para-hydroxylation sites is 1. The molecule has 1 aliphatic rings. The lowest BCUT2D eigenvalue weighted by atomic mass is 9.91. The van der Waals surface area contributed by atoms with Crippen molar-refractivity contribution in [1.82, 2.24) is 25.3 Å². The van der Waals surface area contributed by atoms with Crippen LogP contribution in [0.4, 0.5) is 11.6 Å². The minimum absolute atomic E-state index is 0.0129. The van der Waals surface area contributed by atoms with Crippen LogP contribution in [0, 0.1) is 0 Å². The second-order valence-electron chi connectivity index (χ2n) is 10.3. The summed E-state index contributed by atoms with van der Waals surface area (Å²) in [6.07, 6.45) is 10.2. The average Bonchev–Trinajstić information content (AvgIpc) is 3.42. The Morgan fingerprint density at radius 1 is 1.14 bits per heavy atom. The minimum Gasteiger partial charge on any atom is -0.360 e. The van der Waals surface area contributed by atoms with Gasteiger partial charge in [0.15, 0.2) is 0 Å². The molecule has 1 fully saturated rings. The fourth-order valence-electron chi connectivity index (χ4n) is 5.07. The van der Waals surface area contributed by atoms with Gasteiger partial charge in [0.2, 0.25) is 11.9 Å². The number of H-pyrrole nitrogens is 1. The van der Waals surface area contributed by atoms with Crippen molar-refractivity contribution in [2.75, 3.05) is 31.3 Å². The number of nitrogens with zero attached hydrogens (tertiary/aromatic N) is 3. The van der Waals surface area contributed by atoms with Gasteiger partial charge in [0.05, 0.1) is 24.0 Å². The summed E-state index contributed by atoms with van der Waals surface area (Å²) in [5.41, 5.74) is 3.75. The fourth-order valence-corrected chi connectivity index (χ4v) is 5.26. The van der Waals surface area contributed by atoms with Crippen molar-refractivity contribution in [3.63, 3.8) is 0 Å². The molecule has 10 nitrogen and oxygen atoms in total. The zero-order valence-corrected chi connectivity index (χ0v) is 24.3. The second-order valence-corrected chi connectivity index (χ2v) is 10.7. The molecule has 2 aromatic carbocycles. The summed E-state index contributed by atoms with van der Waals surface area (Å²) in [5, 5.41) is 12.5. The van der Waals surface area contributed by atoms with E-state index in [-0.39, 0.29) is 23.9 Å². The smallest absolute Gasteiger partial charge is 0.251 e. The molecular formula is C31H34ClN7O3. The Hall–Kier alpha value is -4.25. The Morgan fingerprint density at radius 3 is 2.74 bits per heavy atom. The highest BCUT2D eigenvalue weighted by Crippen LogP contribution is 2.32. The lowest BCUT2D eigenvalue weighted by molar-refractivity contribution is -0.112. The first kappa shape index (κ1) is 29.2. The summed E-state index contributed by atoms with van der Waals surface area (Å²) in [7, 11) is 3.33. The normalized spacial score (nSPS) is 17.0. The van der Waals surface area contributed by atoms with Crippen molar-refractivity contribution in [2.24, 2.45) is 0 Å². The van der Waals surface area contributed by atoms with E-state index in [4.69, 9.17) is 21.4 Å². The van der Waals surface area contributed by atoms with Gasteiger partial charge < -0.3 is 25.8 Å². The van der Waals surface area contributed by atoms with Crippen molar-refractivity contribution in [2.45, 2.75) is 37.8 Å². The largest absolute Gasteiger partial charge is 0.360 e. The van der Waals surface area contributed by atoms with E-state index in [9.17, 15) is 9.59 Å². The number of hydroxylamine groups is 2. The van der Waals surface area contributed by atoms with Crippen molar-refractivity contribution in [3.8, 4) is 11.3 Å². The molecule has 0 radical (unpaired) electrons. The molecule has 0 spiro atoms. The van der Waals surface area contributed by atoms with Crippen molar-refractivity contribution >= 4 is 46.0 Å². The van der Waals surface area contributed by atoms with E-state index in [1.165, 1.54) is 6.08 Å².